The van der Waals surface area contributed by atoms with E-state index < -0.39 is 0 Å². The number of rotatable bonds is 5. The smallest absolute Gasteiger partial charge is 0.0913 e. The summed E-state index contributed by atoms with van der Waals surface area (Å²) in [6.07, 6.45) is 5.02. The van der Waals surface area contributed by atoms with Crippen LogP contribution in [-0.2, 0) is 4.74 Å². The van der Waals surface area contributed by atoms with Crippen molar-refractivity contribution in [1.82, 2.24) is 0 Å². The van der Waals surface area contributed by atoms with Crippen LogP contribution in [0.25, 0.3) is 0 Å². The number of ether oxygens (including phenoxy) is 1. The molecule has 1 N–H and O–H groups in total. The topological polar surface area (TPSA) is 29.5 Å². The molecule has 84 valence electrons. The van der Waals surface area contributed by atoms with Crippen molar-refractivity contribution in [2.75, 3.05) is 6.61 Å². The first-order valence-electron chi connectivity index (χ1n) is 5.86. The van der Waals surface area contributed by atoms with Crippen molar-refractivity contribution in [1.29, 1.82) is 0 Å². The number of hydrogen-bond acceptors (Lipinski definition) is 2. The minimum absolute atomic E-state index is 0.253. The molecule has 0 spiro atoms. The van der Waals surface area contributed by atoms with E-state index in [0.29, 0.717) is 0 Å². The van der Waals surface area contributed by atoms with Crippen LogP contribution >= 0.6 is 0 Å². The van der Waals surface area contributed by atoms with Gasteiger partial charge in [-0.15, -0.1) is 0 Å². The van der Waals surface area contributed by atoms with E-state index in [9.17, 15) is 5.11 Å². The van der Waals surface area contributed by atoms with Gasteiger partial charge in [0.2, 0.25) is 0 Å². The van der Waals surface area contributed by atoms with Crippen LogP contribution in [0.2, 0.25) is 0 Å². The van der Waals surface area contributed by atoms with Gasteiger partial charge < -0.3 is 9.84 Å². The first-order valence-corrected chi connectivity index (χ1v) is 5.86. The zero-order valence-corrected chi connectivity index (χ0v) is 9.75. The summed E-state index contributed by atoms with van der Waals surface area (Å²) in [5.41, 5.74) is -0.253. The molecule has 0 radical (unpaired) electrons. The molecule has 0 aromatic carbocycles. The molecule has 14 heavy (non-hydrogen) atoms. The van der Waals surface area contributed by atoms with E-state index in [4.69, 9.17) is 4.74 Å². The van der Waals surface area contributed by atoms with Crippen LogP contribution in [0, 0.1) is 5.92 Å². The molecule has 2 nitrogen and oxygen atoms in total. The molecule has 1 aliphatic heterocycles. The molecule has 2 heteroatoms. The molecule has 0 amide bonds. The average molecular weight is 200 g/mol. The van der Waals surface area contributed by atoms with Crippen molar-refractivity contribution in [3.63, 3.8) is 0 Å². The van der Waals surface area contributed by atoms with E-state index in [0.717, 1.165) is 38.2 Å². The fourth-order valence-corrected chi connectivity index (χ4v) is 2.09. The Balaban J connectivity index is 2.23. The lowest BCUT2D eigenvalue weighted by molar-refractivity contribution is -0.0811. The van der Waals surface area contributed by atoms with Gasteiger partial charge in [-0.3, -0.25) is 0 Å². The Morgan fingerprint density at radius 1 is 1.36 bits per heavy atom. The van der Waals surface area contributed by atoms with Crippen molar-refractivity contribution in [2.24, 2.45) is 5.92 Å². The summed E-state index contributed by atoms with van der Waals surface area (Å²) < 4.78 is 5.61. The highest BCUT2D eigenvalue weighted by Crippen LogP contribution is 2.31. The van der Waals surface area contributed by atoms with Gasteiger partial charge in [-0.1, -0.05) is 26.7 Å². The molecule has 2 unspecified atom stereocenters. The van der Waals surface area contributed by atoms with Gasteiger partial charge in [0.1, 0.15) is 0 Å². The van der Waals surface area contributed by atoms with Gasteiger partial charge >= 0.3 is 0 Å². The fraction of sp³-hybridized carbons (Fsp3) is 1.00. The highest BCUT2D eigenvalue weighted by Gasteiger charge is 2.36. The fourth-order valence-electron chi connectivity index (χ4n) is 2.09. The number of hydrogen-bond donors (Lipinski definition) is 1. The Hall–Kier alpha value is -0.0800. The Bertz CT molecular complexity index is 160. The number of aliphatic hydroxyl groups excluding tert-OH is 1. The third kappa shape index (κ3) is 3.25. The minimum atomic E-state index is -0.274. The molecule has 1 saturated heterocycles. The Morgan fingerprint density at radius 2 is 2.07 bits per heavy atom. The maximum atomic E-state index is 10.00. The molecule has 2 atom stereocenters. The van der Waals surface area contributed by atoms with E-state index >= 15 is 0 Å². The lowest BCUT2D eigenvalue weighted by Crippen LogP contribution is -2.38. The summed E-state index contributed by atoms with van der Waals surface area (Å²) in [5.74, 6) is 0.736. The summed E-state index contributed by atoms with van der Waals surface area (Å²) in [4.78, 5) is 0. The van der Waals surface area contributed by atoms with E-state index in [-0.39, 0.29) is 11.7 Å². The summed E-state index contributed by atoms with van der Waals surface area (Å²) in [6.45, 7) is 7.30. The van der Waals surface area contributed by atoms with Crippen LogP contribution in [0.5, 0.6) is 0 Å². The van der Waals surface area contributed by atoms with Crippen LogP contribution in [0.15, 0.2) is 0 Å². The molecule has 1 heterocycles. The molecule has 1 rings (SSSR count). The predicted octanol–water partition coefficient (Wildman–Crippen LogP) is 2.74. The maximum absolute atomic E-state index is 10.00. The Labute approximate surface area is 87.7 Å². The van der Waals surface area contributed by atoms with E-state index in [2.05, 4.69) is 13.8 Å². The highest BCUT2D eigenvalue weighted by atomic mass is 16.5. The van der Waals surface area contributed by atoms with Crippen LogP contribution in [-0.4, -0.2) is 23.4 Å². The van der Waals surface area contributed by atoms with E-state index in [1.54, 1.807) is 0 Å². The second-order valence-electron chi connectivity index (χ2n) is 5.11. The monoisotopic (exact) mass is 200 g/mol. The molecule has 0 bridgehead atoms. The van der Waals surface area contributed by atoms with E-state index in [1.165, 1.54) is 6.42 Å². The zero-order valence-electron chi connectivity index (χ0n) is 9.75. The molecular weight excluding hydrogens is 176 g/mol. The highest BCUT2D eigenvalue weighted by molar-refractivity contribution is 4.87. The van der Waals surface area contributed by atoms with Gasteiger partial charge in [0.15, 0.2) is 0 Å². The second kappa shape index (κ2) is 5.13. The summed E-state index contributed by atoms with van der Waals surface area (Å²) in [6, 6.07) is 0. The molecule has 0 aromatic rings. The quantitative estimate of drug-likeness (QED) is 0.739. The molecule has 1 fully saturated rings. The van der Waals surface area contributed by atoms with Crippen molar-refractivity contribution in [3.05, 3.63) is 0 Å². The van der Waals surface area contributed by atoms with Gasteiger partial charge in [0.05, 0.1) is 11.7 Å². The first kappa shape index (κ1) is 12.0. The predicted molar refractivity (Wildman–Crippen MR) is 58.3 cm³/mol. The molecule has 1 aliphatic rings. The normalized spacial score (nSPS) is 29.8. The second-order valence-corrected chi connectivity index (χ2v) is 5.11. The molecular formula is C12H24O2. The third-order valence-electron chi connectivity index (χ3n) is 3.21. The Kier molecular flexibility index (Phi) is 4.39. The average Bonchev–Trinajstić information content (AvgIpc) is 2.52. The van der Waals surface area contributed by atoms with Crippen molar-refractivity contribution >= 4 is 0 Å². The molecule has 0 aliphatic carbocycles. The Morgan fingerprint density at radius 3 is 2.57 bits per heavy atom. The summed E-state index contributed by atoms with van der Waals surface area (Å²) >= 11 is 0. The van der Waals surface area contributed by atoms with Gasteiger partial charge in [-0.25, -0.2) is 0 Å². The van der Waals surface area contributed by atoms with Crippen LogP contribution in [0.4, 0.5) is 0 Å². The van der Waals surface area contributed by atoms with Crippen LogP contribution in [0.3, 0.4) is 0 Å². The number of aliphatic hydroxyl groups is 1. The molecule has 0 saturated carbocycles. The first-order chi connectivity index (χ1) is 6.54. The van der Waals surface area contributed by atoms with Crippen molar-refractivity contribution < 1.29 is 9.84 Å². The molecule has 0 aromatic heterocycles. The van der Waals surface area contributed by atoms with Gasteiger partial charge in [-0.05, 0) is 32.1 Å². The van der Waals surface area contributed by atoms with Gasteiger partial charge in [0, 0.05) is 6.61 Å². The van der Waals surface area contributed by atoms with E-state index in [1.807, 2.05) is 6.92 Å². The SMILES string of the molecule is CC(C)CCCC(O)C1(C)CCCO1. The van der Waals surface area contributed by atoms with Gasteiger partial charge in [-0.2, -0.15) is 0 Å². The third-order valence-corrected chi connectivity index (χ3v) is 3.21. The lowest BCUT2D eigenvalue weighted by Gasteiger charge is -2.29. The van der Waals surface area contributed by atoms with Gasteiger partial charge in [0.25, 0.3) is 0 Å². The van der Waals surface area contributed by atoms with Crippen molar-refractivity contribution in [2.45, 2.75) is 64.6 Å². The standard InChI is InChI=1S/C12H24O2/c1-10(2)6-4-7-11(13)12(3)8-5-9-14-12/h10-11,13H,4-9H2,1-3H3. The lowest BCUT2D eigenvalue weighted by atomic mass is 9.91. The summed E-state index contributed by atoms with van der Waals surface area (Å²) in [7, 11) is 0. The zero-order chi connectivity index (χ0) is 10.6. The van der Waals surface area contributed by atoms with Crippen LogP contribution < -0.4 is 0 Å². The summed E-state index contributed by atoms with van der Waals surface area (Å²) in [5, 5.41) is 10.00. The minimum Gasteiger partial charge on any atom is -0.390 e. The van der Waals surface area contributed by atoms with Crippen molar-refractivity contribution in [3.8, 4) is 0 Å². The maximum Gasteiger partial charge on any atom is 0.0913 e. The van der Waals surface area contributed by atoms with Crippen LogP contribution in [0.1, 0.15) is 52.9 Å². The largest absolute Gasteiger partial charge is 0.390 e.